The summed E-state index contributed by atoms with van der Waals surface area (Å²) in [7, 11) is 19.3. The Balaban J connectivity index is -0.0000000729. The summed E-state index contributed by atoms with van der Waals surface area (Å²) in [6, 6.07) is 0. The maximum Gasteiger partial charge on any atom is 0 e. The van der Waals surface area contributed by atoms with Gasteiger partial charge in [0.1, 0.15) is 18.1 Å². The van der Waals surface area contributed by atoms with Crippen molar-refractivity contribution in [1.29, 1.82) is 0 Å². The van der Waals surface area contributed by atoms with Gasteiger partial charge in [0.25, 0.3) is 0 Å². The summed E-state index contributed by atoms with van der Waals surface area (Å²) < 4.78 is 37.6. The molecule has 503 valence electrons. The Bertz CT molecular complexity index is 2010. The monoisotopic (exact) mass is 1510 g/mol. The maximum atomic E-state index is 10.8. The van der Waals surface area contributed by atoms with E-state index in [4.69, 9.17) is 109 Å². The first-order valence-corrected chi connectivity index (χ1v) is 30.7. The van der Waals surface area contributed by atoms with E-state index >= 15 is 0 Å². The minimum Gasteiger partial charge on any atom is 0 e. The molecule has 2 aliphatic heterocycles. The number of methoxy groups -OCH3 is 2. The second-order valence-corrected chi connectivity index (χ2v) is 20.4. The van der Waals surface area contributed by atoms with Gasteiger partial charge in [-0.15, -0.1) is 11.6 Å². The third-order valence-electron chi connectivity index (χ3n) is 7.07. The Hall–Kier alpha value is -2.39. The van der Waals surface area contributed by atoms with Gasteiger partial charge in [0.2, 0.25) is 26.9 Å². The zero-order valence-corrected chi connectivity index (χ0v) is 61.6. The largest absolute Gasteiger partial charge is 0 e. The van der Waals surface area contributed by atoms with E-state index in [0.29, 0.717) is 19.6 Å². The first-order chi connectivity index (χ1) is 40.3. The minimum atomic E-state index is -1.54. The third-order valence-corrected chi connectivity index (χ3v) is 10.7. The van der Waals surface area contributed by atoms with Crippen molar-refractivity contribution >= 4 is 259 Å². The molecule has 2 atom stereocenters. The number of fused-ring (bicyclic) bond motifs is 1. The molecule has 0 aromatic carbocycles. The molecule has 8 amide bonds. The first kappa shape index (κ1) is 113. The Morgan fingerprint density at radius 2 is 0.977 bits per heavy atom. The number of likely N-dealkylation sites (tertiary alicyclic amines) is 1. The molecule has 0 aliphatic carbocycles. The van der Waals surface area contributed by atoms with Gasteiger partial charge in [0.05, 0.1) is 34.7 Å². The van der Waals surface area contributed by atoms with Crippen LogP contribution in [0.2, 0.25) is 0 Å². The van der Waals surface area contributed by atoms with Gasteiger partial charge >= 0.3 is 110 Å². The van der Waals surface area contributed by atoms with Crippen LogP contribution in [0.5, 0.6) is 0 Å². The van der Waals surface area contributed by atoms with Gasteiger partial charge in [0, 0.05) is 98.5 Å². The number of carbonyl (C=O) groups is 12. The standard InChI is InChI=1S/C6H5B3ClNO.C6H11ClN2O3.C6H11ClN2O2.C4H6ClNO.C3H6ClNO.2C3H5ClO3S.C3H5ClO2.C2H3ClO.C2H5Cl.2C2H6.CH2ClNO.B2.B/c10-6(12)11-1-4-5(2-11)9-8-3-7-4;1-8(5(7)10)4-9(2)6(11)12-3;1-5(10)8(2)4-9(3)6(7)11;5-4(7)6-2-1-3-6;1-2-5-3(4)6;2*1-7-8(6)2-3(4)5;1-6-2-3(4)5;1-2(3)4;1-2-3;2*1-2;2-1(3)4;1-2;/h3H,1-2H2;4H2,1-3H3;4H2,1-3H3;1-3H2;2H2,1H3,(H,5,6);2*2H2,1H3;2H2,1H3;1H3;2H2,1H3;2*1-2H3;(H2,3,4);;. The Labute approximate surface area is 584 Å². The number of hydrogen-bond acceptors (Lipinski definition) is 18. The van der Waals surface area contributed by atoms with Crippen molar-refractivity contribution in [3.63, 3.8) is 0 Å². The number of halogens is 11. The van der Waals surface area contributed by atoms with Crippen LogP contribution in [-0.2, 0) is 77.1 Å². The molecule has 3 rings (SSSR count). The van der Waals surface area contributed by atoms with Crippen molar-refractivity contribution in [2.45, 2.75) is 74.9 Å². The van der Waals surface area contributed by atoms with Crippen molar-refractivity contribution in [2.75, 3.05) is 114 Å². The number of ether oxygens (including phenoxy) is 2. The summed E-state index contributed by atoms with van der Waals surface area (Å²) >= 11 is 51.0. The quantitative estimate of drug-likeness (QED) is 0.0625. The Kier molecular flexibility index (Phi) is 106. The number of primary amides is 1. The van der Waals surface area contributed by atoms with E-state index in [9.17, 15) is 61.2 Å². The number of hydrogen-bond donors (Lipinski definition) is 2. The van der Waals surface area contributed by atoms with E-state index in [1.54, 1.807) is 23.8 Å². The number of nitrogens with one attached hydrogen (secondary N) is 1. The van der Waals surface area contributed by atoms with E-state index in [1.807, 2.05) is 61.0 Å². The minimum absolute atomic E-state index is 0. The topological polar surface area (TPSA) is 333 Å². The average Bonchev–Trinajstić information content (AvgIpc) is 3.85. The van der Waals surface area contributed by atoms with Gasteiger partial charge in [-0.05, 0) is 118 Å². The number of alkyl halides is 1. The fourth-order valence-corrected chi connectivity index (χ4v) is 5.34. The van der Waals surface area contributed by atoms with Gasteiger partial charge in [-0.25, -0.2) is 13.2 Å². The SMILES string of the molecule is CC.CC.CC(=O)Cl.CC(=O)N(C)CN(C)C(=O)Cl.CCCl.CCNC(=O)Cl.COC(=O)N(C)CN(C)C(=O)Cl.COCC(=O)Cl.COS(=O)CC(=O)Cl.COS(=O)CC(=O)Cl.NC(=O)Cl.O=C(Cl)N1CCC1.O=C(Cl)N1Cc2bbcbc2C1.[B].[B][B]. The number of rotatable bonds is 13. The molecule has 3 N–H and O–H groups in total. The average molecular weight is 1510 g/mol. The zero-order valence-electron chi connectivity index (χ0n) is 51.6. The summed E-state index contributed by atoms with van der Waals surface area (Å²) in [4.78, 5) is 129. The van der Waals surface area contributed by atoms with Crippen molar-refractivity contribution in [3.8, 4) is 0 Å². The van der Waals surface area contributed by atoms with Crippen LogP contribution < -0.4 is 11.1 Å². The Morgan fingerprint density at radius 3 is 1.15 bits per heavy atom. The second-order valence-electron chi connectivity index (χ2n) is 13.6. The molecule has 26 nitrogen and oxygen atoms in total. The molecule has 0 spiro atoms. The van der Waals surface area contributed by atoms with Crippen LogP contribution in [0, 0.1) is 0 Å². The van der Waals surface area contributed by atoms with E-state index < -0.39 is 65.4 Å². The van der Waals surface area contributed by atoms with Crippen LogP contribution in [0.4, 0.5) is 33.6 Å². The molecule has 88 heavy (non-hydrogen) atoms. The molecule has 1 fully saturated rings. The van der Waals surface area contributed by atoms with E-state index in [2.05, 4.69) is 67.6 Å². The summed E-state index contributed by atoms with van der Waals surface area (Å²) in [5, 5.41) is -3.01. The Morgan fingerprint density at radius 1 is 0.636 bits per heavy atom. The van der Waals surface area contributed by atoms with Gasteiger partial charge < -0.3 is 40.1 Å². The van der Waals surface area contributed by atoms with Crippen molar-refractivity contribution in [2.24, 2.45) is 5.73 Å². The van der Waals surface area contributed by atoms with Crippen molar-refractivity contribution in [3.05, 3.63) is 16.8 Å². The summed E-state index contributed by atoms with van der Waals surface area (Å²) in [6.45, 7) is 24.4. The summed E-state index contributed by atoms with van der Waals surface area (Å²) in [6.07, 6.45) is 0.595. The van der Waals surface area contributed by atoms with Crippen LogP contribution in [0.25, 0.3) is 0 Å². The van der Waals surface area contributed by atoms with E-state index in [1.165, 1.54) is 93.9 Å². The molecule has 0 bridgehead atoms. The number of nitrogens with zero attached hydrogens (tertiary/aromatic N) is 6. The number of carbonyl (C=O) groups excluding carboxylic acids is 12. The summed E-state index contributed by atoms with van der Waals surface area (Å²) in [5.74, 6) is 2.12. The van der Waals surface area contributed by atoms with Crippen LogP contribution in [0.15, 0.2) is 5.86 Å². The predicted molar refractivity (Wildman–Crippen MR) is 363 cm³/mol. The van der Waals surface area contributed by atoms with Gasteiger partial charge in [0.15, 0.2) is 22.2 Å². The summed E-state index contributed by atoms with van der Waals surface area (Å²) in [5.41, 5.74) is 6.64. The zero-order chi connectivity index (χ0) is 71.6. The van der Waals surface area contributed by atoms with Gasteiger partial charge in [-0.2, -0.15) is 0 Å². The molecule has 3 heterocycles. The maximum absolute atomic E-state index is 10.8. The molecule has 1 saturated heterocycles. The second kappa shape index (κ2) is 82.6. The molecule has 0 saturated carbocycles. The molecule has 45 heteroatoms. The molecule has 7 radical (unpaired) electrons. The molecule has 2 aliphatic rings. The van der Waals surface area contributed by atoms with Crippen LogP contribution in [0.1, 0.15) is 72.7 Å². The normalized spacial score (nSPS) is 10.2. The molecule has 1 aromatic rings. The molecular weight excluding hydrogens is 1440 g/mol. The van der Waals surface area contributed by atoms with E-state index in [-0.39, 0.29) is 61.7 Å². The van der Waals surface area contributed by atoms with Crippen molar-refractivity contribution < 1.29 is 83.8 Å². The number of amides is 8. The van der Waals surface area contributed by atoms with Gasteiger partial charge in [-0.3, -0.25) is 61.2 Å². The van der Waals surface area contributed by atoms with Crippen LogP contribution >= 0.6 is 128 Å². The molecular formula is C43H76B6Cl11N8O18S2. The number of nitrogens with two attached hydrogens (primary N) is 1. The smallest absolute Gasteiger partial charge is 0 e. The van der Waals surface area contributed by atoms with Crippen LogP contribution in [-0.4, -0.2) is 261 Å². The fraction of sp³-hybridized carbons (Fsp3) is 0.651. The molecule has 1 aromatic heterocycles. The van der Waals surface area contributed by atoms with Gasteiger partial charge in [-0.1, -0.05) is 34.6 Å². The van der Waals surface area contributed by atoms with Crippen molar-refractivity contribution in [1.82, 2.24) is 34.7 Å². The predicted octanol–water partition coefficient (Wildman–Crippen LogP) is 7.78. The molecule has 2 unspecified atom stereocenters. The van der Waals surface area contributed by atoms with E-state index in [0.717, 1.165) is 25.4 Å². The fourth-order valence-electron chi connectivity index (χ4n) is 3.57. The third kappa shape index (κ3) is 103. The first-order valence-electron chi connectivity index (χ1n) is 23.9. The van der Waals surface area contributed by atoms with Crippen LogP contribution in [0.3, 0.4) is 0 Å².